The van der Waals surface area contributed by atoms with Gasteiger partial charge in [0.1, 0.15) is 10.6 Å². The van der Waals surface area contributed by atoms with Gasteiger partial charge in [0, 0.05) is 18.0 Å². The van der Waals surface area contributed by atoms with Gasteiger partial charge < -0.3 is 4.90 Å². The predicted molar refractivity (Wildman–Crippen MR) is 82.7 cm³/mol. The van der Waals surface area contributed by atoms with Crippen molar-refractivity contribution in [3.8, 4) is 0 Å². The van der Waals surface area contributed by atoms with Crippen molar-refractivity contribution in [1.82, 2.24) is 9.97 Å². The molecule has 0 unspecified atom stereocenters. The molecule has 0 aromatic carbocycles. The summed E-state index contributed by atoms with van der Waals surface area (Å²) in [5.41, 5.74) is 1.55. The standard InChI is InChI=1S/C14H17N3S2/c1-18-14-15-12(17-7-2-3-8-17)11-9-5-4-6-10(9)19-13(11)16-14/h2-8H2,1H3. The predicted octanol–water partition coefficient (Wildman–Crippen LogP) is 3.50. The summed E-state index contributed by atoms with van der Waals surface area (Å²) in [4.78, 5) is 14.8. The molecule has 0 saturated carbocycles. The Morgan fingerprint density at radius 3 is 2.74 bits per heavy atom. The molecule has 2 aromatic heterocycles. The first-order valence-electron chi connectivity index (χ1n) is 6.98. The van der Waals surface area contributed by atoms with Gasteiger partial charge in [0.05, 0.1) is 5.39 Å². The highest BCUT2D eigenvalue weighted by molar-refractivity contribution is 7.98. The summed E-state index contributed by atoms with van der Waals surface area (Å²) in [6.07, 6.45) is 8.43. The van der Waals surface area contributed by atoms with Gasteiger partial charge in [-0.15, -0.1) is 11.3 Å². The molecule has 0 bridgehead atoms. The van der Waals surface area contributed by atoms with Gasteiger partial charge in [-0.3, -0.25) is 0 Å². The van der Waals surface area contributed by atoms with Crippen molar-refractivity contribution in [3.63, 3.8) is 0 Å². The van der Waals surface area contributed by atoms with Gasteiger partial charge in [-0.25, -0.2) is 9.97 Å². The number of thiophene rings is 1. The van der Waals surface area contributed by atoms with Crippen LogP contribution in [0.25, 0.3) is 10.2 Å². The Kier molecular flexibility index (Phi) is 2.92. The number of aromatic nitrogens is 2. The van der Waals surface area contributed by atoms with E-state index in [0.717, 1.165) is 18.2 Å². The molecule has 1 aliphatic heterocycles. The van der Waals surface area contributed by atoms with Crippen LogP contribution in [0, 0.1) is 0 Å². The first-order chi connectivity index (χ1) is 9.36. The highest BCUT2D eigenvalue weighted by Crippen LogP contribution is 2.41. The largest absolute Gasteiger partial charge is 0.356 e. The molecule has 0 amide bonds. The third-order valence-corrected chi connectivity index (χ3v) is 5.85. The quantitative estimate of drug-likeness (QED) is 0.625. The molecule has 2 aliphatic rings. The third-order valence-electron chi connectivity index (χ3n) is 4.11. The van der Waals surface area contributed by atoms with E-state index in [4.69, 9.17) is 9.97 Å². The molecule has 19 heavy (non-hydrogen) atoms. The Balaban J connectivity index is 1.96. The second kappa shape index (κ2) is 4.63. The number of hydrogen-bond acceptors (Lipinski definition) is 5. The van der Waals surface area contributed by atoms with E-state index >= 15 is 0 Å². The minimum Gasteiger partial charge on any atom is -0.356 e. The van der Waals surface area contributed by atoms with Crippen LogP contribution in [0.4, 0.5) is 5.82 Å². The highest BCUT2D eigenvalue weighted by atomic mass is 32.2. The summed E-state index contributed by atoms with van der Waals surface area (Å²) in [6.45, 7) is 2.31. The van der Waals surface area contributed by atoms with Gasteiger partial charge in [-0.1, -0.05) is 11.8 Å². The lowest BCUT2D eigenvalue weighted by atomic mass is 10.2. The fourth-order valence-corrected chi connectivity index (χ4v) is 4.88. The van der Waals surface area contributed by atoms with E-state index in [0.29, 0.717) is 0 Å². The monoisotopic (exact) mass is 291 g/mol. The van der Waals surface area contributed by atoms with Crippen LogP contribution in [-0.2, 0) is 12.8 Å². The molecule has 1 aliphatic carbocycles. The smallest absolute Gasteiger partial charge is 0.190 e. The van der Waals surface area contributed by atoms with Gasteiger partial charge in [0.15, 0.2) is 5.16 Å². The SMILES string of the molecule is CSc1nc(N2CCCC2)c2c3c(sc2n1)CCC3. The summed E-state index contributed by atoms with van der Waals surface area (Å²) in [7, 11) is 0. The Bertz CT molecular complexity index is 629. The van der Waals surface area contributed by atoms with E-state index in [1.165, 1.54) is 48.1 Å². The maximum Gasteiger partial charge on any atom is 0.190 e. The molecule has 0 radical (unpaired) electrons. The maximum atomic E-state index is 4.84. The number of rotatable bonds is 2. The van der Waals surface area contributed by atoms with Crippen molar-refractivity contribution in [2.45, 2.75) is 37.3 Å². The van der Waals surface area contributed by atoms with E-state index < -0.39 is 0 Å². The van der Waals surface area contributed by atoms with E-state index in [9.17, 15) is 0 Å². The van der Waals surface area contributed by atoms with Gasteiger partial charge in [0.25, 0.3) is 0 Å². The zero-order valence-electron chi connectivity index (χ0n) is 11.1. The number of fused-ring (bicyclic) bond motifs is 3. The number of anilines is 1. The topological polar surface area (TPSA) is 29.0 Å². The summed E-state index contributed by atoms with van der Waals surface area (Å²) < 4.78 is 0. The molecule has 2 aromatic rings. The molecule has 3 heterocycles. The van der Waals surface area contributed by atoms with Crippen molar-refractivity contribution < 1.29 is 0 Å². The molecule has 0 spiro atoms. The molecule has 1 fully saturated rings. The highest BCUT2D eigenvalue weighted by Gasteiger charge is 2.25. The van der Waals surface area contributed by atoms with Gasteiger partial charge >= 0.3 is 0 Å². The molecular formula is C14H17N3S2. The number of aryl methyl sites for hydroxylation is 2. The Labute approximate surface area is 121 Å². The van der Waals surface area contributed by atoms with Crippen LogP contribution < -0.4 is 4.90 Å². The average molecular weight is 291 g/mol. The molecule has 100 valence electrons. The lowest BCUT2D eigenvalue weighted by molar-refractivity contribution is 0.893. The first kappa shape index (κ1) is 12.0. The van der Waals surface area contributed by atoms with Crippen LogP contribution in [0.2, 0.25) is 0 Å². The Hall–Kier alpha value is -0.810. The maximum absolute atomic E-state index is 4.84. The van der Waals surface area contributed by atoms with Gasteiger partial charge in [0.2, 0.25) is 0 Å². The lowest BCUT2D eigenvalue weighted by Crippen LogP contribution is -2.19. The van der Waals surface area contributed by atoms with E-state index in [-0.39, 0.29) is 0 Å². The molecule has 0 N–H and O–H groups in total. The van der Waals surface area contributed by atoms with Crippen molar-refractivity contribution in [2.75, 3.05) is 24.2 Å². The van der Waals surface area contributed by atoms with Crippen LogP contribution in [0.1, 0.15) is 29.7 Å². The molecule has 1 saturated heterocycles. The average Bonchev–Trinajstić information content (AvgIpc) is 3.13. The molecule has 3 nitrogen and oxygen atoms in total. The minimum atomic E-state index is 0.925. The zero-order valence-corrected chi connectivity index (χ0v) is 12.7. The van der Waals surface area contributed by atoms with Crippen LogP contribution >= 0.6 is 23.1 Å². The summed E-state index contributed by atoms with van der Waals surface area (Å²) in [5, 5.41) is 2.30. The fourth-order valence-electron chi connectivity index (χ4n) is 3.21. The first-order valence-corrected chi connectivity index (χ1v) is 9.02. The van der Waals surface area contributed by atoms with Crippen LogP contribution in [-0.4, -0.2) is 29.3 Å². The Morgan fingerprint density at radius 2 is 1.95 bits per heavy atom. The fraction of sp³-hybridized carbons (Fsp3) is 0.571. The molecular weight excluding hydrogens is 274 g/mol. The van der Waals surface area contributed by atoms with Crippen LogP contribution in [0.3, 0.4) is 0 Å². The van der Waals surface area contributed by atoms with Crippen LogP contribution in [0.5, 0.6) is 0 Å². The second-order valence-electron chi connectivity index (χ2n) is 5.27. The van der Waals surface area contributed by atoms with E-state index in [1.807, 2.05) is 11.3 Å². The van der Waals surface area contributed by atoms with Crippen LogP contribution in [0.15, 0.2) is 5.16 Å². The zero-order chi connectivity index (χ0) is 12.8. The Morgan fingerprint density at radius 1 is 1.11 bits per heavy atom. The number of hydrogen-bond donors (Lipinski definition) is 0. The van der Waals surface area contributed by atoms with Crippen molar-refractivity contribution in [3.05, 3.63) is 10.4 Å². The summed E-state index contributed by atoms with van der Waals surface area (Å²) in [5.74, 6) is 1.21. The number of thioether (sulfide) groups is 1. The van der Waals surface area contributed by atoms with E-state index in [1.54, 1.807) is 22.2 Å². The van der Waals surface area contributed by atoms with E-state index in [2.05, 4.69) is 11.2 Å². The van der Waals surface area contributed by atoms with Crippen molar-refractivity contribution >= 4 is 39.1 Å². The second-order valence-corrected chi connectivity index (χ2v) is 7.12. The van der Waals surface area contributed by atoms with Gasteiger partial charge in [-0.05, 0) is 43.9 Å². The number of nitrogens with zero attached hydrogens (tertiary/aromatic N) is 3. The van der Waals surface area contributed by atoms with Gasteiger partial charge in [-0.2, -0.15) is 0 Å². The lowest BCUT2D eigenvalue weighted by Gasteiger charge is -2.18. The molecule has 5 heteroatoms. The third kappa shape index (κ3) is 1.86. The van der Waals surface area contributed by atoms with Crippen molar-refractivity contribution in [1.29, 1.82) is 0 Å². The summed E-state index contributed by atoms with van der Waals surface area (Å²) >= 11 is 3.55. The molecule has 0 atom stereocenters. The molecule has 4 rings (SSSR count). The van der Waals surface area contributed by atoms with Crippen molar-refractivity contribution in [2.24, 2.45) is 0 Å². The normalized spacial score (nSPS) is 18.5. The summed E-state index contributed by atoms with van der Waals surface area (Å²) in [6, 6.07) is 0. The minimum absolute atomic E-state index is 0.925.